The van der Waals surface area contributed by atoms with Gasteiger partial charge in [0.2, 0.25) is 0 Å². The van der Waals surface area contributed by atoms with E-state index in [2.05, 4.69) is 16.4 Å². The first-order valence-corrected chi connectivity index (χ1v) is 6.46. The lowest BCUT2D eigenvalue weighted by Crippen LogP contribution is -2.12. The number of nitrogens with one attached hydrogen (secondary N) is 1. The number of fused-ring (bicyclic) bond motifs is 1. The van der Waals surface area contributed by atoms with Crippen molar-refractivity contribution in [3.05, 3.63) is 35.9 Å². The molecule has 19 heavy (non-hydrogen) atoms. The van der Waals surface area contributed by atoms with Crippen LogP contribution in [0.5, 0.6) is 0 Å². The van der Waals surface area contributed by atoms with Crippen molar-refractivity contribution in [3.63, 3.8) is 0 Å². The normalized spacial score (nSPS) is 10.4. The van der Waals surface area contributed by atoms with Crippen molar-refractivity contribution >= 4 is 22.7 Å². The molecule has 0 aliphatic carbocycles. The molecule has 0 radical (unpaired) electrons. The maximum Gasteiger partial charge on any atom is 0.307 e. The van der Waals surface area contributed by atoms with E-state index in [9.17, 15) is 4.79 Å². The zero-order valence-electron chi connectivity index (χ0n) is 11.3. The number of aromatic nitrogens is 1. The van der Waals surface area contributed by atoms with Crippen LogP contribution in [-0.4, -0.2) is 24.1 Å². The largest absolute Gasteiger partial charge is 0.466 e. The van der Waals surface area contributed by atoms with Gasteiger partial charge >= 0.3 is 5.97 Å². The monoisotopic (exact) mass is 258 g/mol. The quantitative estimate of drug-likeness (QED) is 0.838. The van der Waals surface area contributed by atoms with E-state index in [0.29, 0.717) is 19.6 Å². The minimum atomic E-state index is -0.187. The number of carbonyl (C=O) groups excluding carboxylic acids is 1. The number of benzene rings is 1. The standard InChI is InChI=1S/C15H18N2O2/c1-3-19-14(18)8-9-16-15-11(2)10-12-6-4-5-7-13(12)17-15/h4-7,10H,3,8-9H2,1-2H3,(H,16,17). The fourth-order valence-corrected chi connectivity index (χ4v) is 1.92. The summed E-state index contributed by atoms with van der Waals surface area (Å²) in [6.45, 7) is 4.77. The lowest BCUT2D eigenvalue weighted by Gasteiger charge is -2.09. The summed E-state index contributed by atoms with van der Waals surface area (Å²) < 4.78 is 4.88. The molecule has 0 saturated heterocycles. The fourth-order valence-electron chi connectivity index (χ4n) is 1.92. The van der Waals surface area contributed by atoms with Crippen LogP contribution in [0, 0.1) is 6.92 Å². The lowest BCUT2D eigenvalue weighted by atomic mass is 10.1. The minimum Gasteiger partial charge on any atom is -0.466 e. The molecule has 1 N–H and O–H groups in total. The number of nitrogens with zero attached hydrogens (tertiary/aromatic N) is 1. The third-order valence-corrected chi connectivity index (χ3v) is 2.84. The second-order valence-corrected chi connectivity index (χ2v) is 4.33. The summed E-state index contributed by atoms with van der Waals surface area (Å²) in [5.74, 6) is 0.636. The molecule has 0 spiro atoms. The van der Waals surface area contributed by atoms with Crippen LogP contribution < -0.4 is 5.32 Å². The van der Waals surface area contributed by atoms with Gasteiger partial charge in [0.15, 0.2) is 0 Å². The predicted molar refractivity (Wildman–Crippen MR) is 76.2 cm³/mol. The molecule has 0 fully saturated rings. The molecule has 2 rings (SSSR count). The number of rotatable bonds is 5. The average Bonchev–Trinajstić information content (AvgIpc) is 2.39. The van der Waals surface area contributed by atoms with Crippen molar-refractivity contribution in [2.24, 2.45) is 0 Å². The van der Waals surface area contributed by atoms with Crippen molar-refractivity contribution in [2.75, 3.05) is 18.5 Å². The molecule has 1 aromatic carbocycles. The van der Waals surface area contributed by atoms with E-state index < -0.39 is 0 Å². The predicted octanol–water partition coefficient (Wildman–Crippen LogP) is 2.91. The summed E-state index contributed by atoms with van der Waals surface area (Å²) in [7, 11) is 0. The summed E-state index contributed by atoms with van der Waals surface area (Å²) >= 11 is 0. The Labute approximate surface area is 112 Å². The Balaban J connectivity index is 2.04. The number of esters is 1. The van der Waals surface area contributed by atoms with Crippen LogP contribution in [0.4, 0.5) is 5.82 Å². The fraction of sp³-hybridized carbons (Fsp3) is 0.333. The number of anilines is 1. The van der Waals surface area contributed by atoms with Crippen LogP contribution in [0.1, 0.15) is 18.9 Å². The molecule has 0 saturated carbocycles. The number of carbonyl (C=O) groups is 1. The Morgan fingerprint density at radius 3 is 2.95 bits per heavy atom. The van der Waals surface area contributed by atoms with E-state index in [1.54, 1.807) is 6.92 Å². The zero-order valence-corrected chi connectivity index (χ0v) is 11.3. The Morgan fingerprint density at radius 1 is 1.37 bits per heavy atom. The van der Waals surface area contributed by atoms with Gasteiger partial charge in [-0.2, -0.15) is 0 Å². The summed E-state index contributed by atoms with van der Waals surface area (Å²) in [6, 6.07) is 10.1. The van der Waals surface area contributed by atoms with E-state index in [1.807, 2.05) is 31.2 Å². The molecule has 0 bridgehead atoms. The number of hydrogen-bond donors (Lipinski definition) is 1. The van der Waals surface area contributed by atoms with E-state index >= 15 is 0 Å². The highest BCUT2D eigenvalue weighted by molar-refractivity contribution is 5.81. The molecule has 1 aromatic heterocycles. The van der Waals surface area contributed by atoms with E-state index in [1.165, 1.54) is 0 Å². The highest BCUT2D eigenvalue weighted by atomic mass is 16.5. The topological polar surface area (TPSA) is 51.2 Å². The summed E-state index contributed by atoms with van der Waals surface area (Å²) in [6.07, 6.45) is 0.349. The Kier molecular flexibility index (Phi) is 4.34. The highest BCUT2D eigenvalue weighted by Crippen LogP contribution is 2.19. The Bertz CT molecular complexity index is 581. The third-order valence-electron chi connectivity index (χ3n) is 2.84. The average molecular weight is 258 g/mol. The maximum absolute atomic E-state index is 11.2. The van der Waals surface area contributed by atoms with Gasteiger partial charge in [-0.15, -0.1) is 0 Å². The molecule has 0 aliphatic rings. The molecule has 4 heteroatoms. The summed E-state index contributed by atoms with van der Waals surface area (Å²) in [5.41, 5.74) is 2.02. The first-order chi connectivity index (χ1) is 9.20. The van der Waals surface area contributed by atoms with Gasteiger partial charge in [0, 0.05) is 11.9 Å². The first-order valence-electron chi connectivity index (χ1n) is 6.46. The van der Waals surface area contributed by atoms with Gasteiger partial charge in [-0.3, -0.25) is 4.79 Å². The van der Waals surface area contributed by atoms with Gasteiger partial charge in [-0.25, -0.2) is 4.98 Å². The van der Waals surface area contributed by atoms with Crippen molar-refractivity contribution in [1.82, 2.24) is 4.98 Å². The SMILES string of the molecule is CCOC(=O)CCNc1nc2ccccc2cc1C. The second kappa shape index (κ2) is 6.18. The number of hydrogen-bond acceptors (Lipinski definition) is 4. The smallest absolute Gasteiger partial charge is 0.307 e. The molecule has 2 aromatic rings. The Morgan fingerprint density at radius 2 is 2.16 bits per heavy atom. The van der Waals surface area contributed by atoms with Crippen LogP contribution in [-0.2, 0) is 9.53 Å². The maximum atomic E-state index is 11.2. The van der Waals surface area contributed by atoms with E-state index in [0.717, 1.165) is 22.3 Å². The summed E-state index contributed by atoms with van der Waals surface area (Å²) in [5, 5.41) is 4.30. The zero-order chi connectivity index (χ0) is 13.7. The molecule has 0 amide bonds. The molecular weight excluding hydrogens is 240 g/mol. The van der Waals surface area contributed by atoms with Crippen LogP contribution in [0.25, 0.3) is 10.9 Å². The van der Waals surface area contributed by atoms with Gasteiger partial charge in [0.25, 0.3) is 0 Å². The van der Waals surface area contributed by atoms with Crippen LogP contribution in [0.15, 0.2) is 30.3 Å². The van der Waals surface area contributed by atoms with Crippen LogP contribution in [0.2, 0.25) is 0 Å². The molecule has 0 aliphatic heterocycles. The van der Waals surface area contributed by atoms with Gasteiger partial charge in [-0.05, 0) is 31.5 Å². The van der Waals surface area contributed by atoms with Crippen molar-refractivity contribution in [3.8, 4) is 0 Å². The van der Waals surface area contributed by atoms with Crippen molar-refractivity contribution in [2.45, 2.75) is 20.3 Å². The number of ether oxygens (including phenoxy) is 1. The number of pyridine rings is 1. The van der Waals surface area contributed by atoms with E-state index in [-0.39, 0.29) is 5.97 Å². The number of para-hydroxylation sites is 1. The third kappa shape index (κ3) is 3.44. The second-order valence-electron chi connectivity index (χ2n) is 4.33. The van der Waals surface area contributed by atoms with Crippen molar-refractivity contribution in [1.29, 1.82) is 0 Å². The van der Waals surface area contributed by atoms with Gasteiger partial charge in [-0.1, -0.05) is 18.2 Å². The summed E-state index contributed by atoms with van der Waals surface area (Å²) in [4.78, 5) is 15.8. The van der Waals surface area contributed by atoms with Gasteiger partial charge in [0.1, 0.15) is 5.82 Å². The molecule has 1 heterocycles. The van der Waals surface area contributed by atoms with Crippen molar-refractivity contribution < 1.29 is 9.53 Å². The minimum absolute atomic E-state index is 0.187. The lowest BCUT2D eigenvalue weighted by molar-refractivity contribution is -0.142. The first kappa shape index (κ1) is 13.3. The molecular formula is C15H18N2O2. The molecule has 0 atom stereocenters. The van der Waals surface area contributed by atoms with Gasteiger partial charge < -0.3 is 10.1 Å². The molecule has 4 nitrogen and oxygen atoms in total. The molecule has 0 unspecified atom stereocenters. The van der Waals surface area contributed by atoms with Gasteiger partial charge in [0.05, 0.1) is 18.5 Å². The van der Waals surface area contributed by atoms with Crippen LogP contribution >= 0.6 is 0 Å². The van der Waals surface area contributed by atoms with E-state index in [4.69, 9.17) is 4.74 Å². The van der Waals surface area contributed by atoms with Crippen LogP contribution in [0.3, 0.4) is 0 Å². The Hall–Kier alpha value is -2.10. The highest BCUT2D eigenvalue weighted by Gasteiger charge is 2.05. The molecule has 100 valence electrons. The number of aryl methyl sites for hydroxylation is 1.